The summed E-state index contributed by atoms with van der Waals surface area (Å²) in [5.41, 5.74) is -1.32. The first-order chi connectivity index (χ1) is 23.2. The maximum atomic E-state index is 14.8. The van der Waals surface area contributed by atoms with Crippen molar-refractivity contribution in [1.29, 1.82) is 0 Å². The summed E-state index contributed by atoms with van der Waals surface area (Å²) in [6.07, 6.45) is 7.55. The van der Waals surface area contributed by atoms with Gasteiger partial charge in [-0.05, 0) is 63.8 Å². The molecule has 4 aliphatic rings. The van der Waals surface area contributed by atoms with Gasteiger partial charge >= 0.3 is 0 Å². The third-order valence-corrected chi connectivity index (χ3v) is 10.6. The fourth-order valence-corrected chi connectivity index (χ4v) is 8.28. The van der Waals surface area contributed by atoms with Crippen LogP contribution in [-0.2, 0) is 23.9 Å². The maximum absolute atomic E-state index is 14.8. The minimum atomic E-state index is -1.11. The third kappa shape index (κ3) is 7.06. The van der Waals surface area contributed by atoms with Crippen LogP contribution in [0.3, 0.4) is 0 Å². The minimum Gasteiger partial charge on any atom is -0.494 e. The van der Waals surface area contributed by atoms with Gasteiger partial charge in [0.25, 0.3) is 0 Å². The van der Waals surface area contributed by atoms with Gasteiger partial charge in [0.15, 0.2) is 0 Å². The summed E-state index contributed by atoms with van der Waals surface area (Å²) >= 11 is 0. The number of aliphatic hydroxyl groups excluding tert-OH is 1. The van der Waals surface area contributed by atoms with E-state index >= 15 is 0 Å². The van der Waals surface area contributed by atoms with Crippen molar-refractivity contribution in [1.82, 2.24) is 14.7 Å². The molecule has 1 spiro atoms. The minimum absolute atomic E-state index is 0.125. The van der Waals surface area contributed by atoms with E-state index in [1.54, 1.807) is 26.9 Å². The molecule has 11 nitrogen and oxygen atoms in total. The number of morpholine rings is 1. The van der Waals surface area contributed by atoms with Gasteiger partial charge in [-0.3, -0.25) is 19.3 Å². The van der Waals surface area contributed by atoms with Gasteiger partial charge in [0.2, 0.25) is 17.7 Å². The summed E-state index contributed by atoms with van der Waals surface area (Å²) in [6.45, 7) is 17.5. The van der Waals surface area contributed by atoms with Gasteiger partial charge in [0.05, 0.1) is 37.3 Å². The highest BCUT2D eigenvalue weighted by Gasteiger charge is 2.78. The summed E-state index contributed by atoms with van der Waals surface area (Å²) in [4.78, 5) is 51.6. The van der Waals surface area contributed by atoms with E-state index < -0.39 is 29.1 Å². The fourth-order valence-electron chi connectivity index (χ4n) is 8.28. The predicted molar refractivity (Wildman–Crippen MR) is 184 cm³/mol. The molecule has 2 unspecified atom stereocenters. The van der Waals surface area contributed by atoms with Gasteiger partial charge in [-0.15, -0.1) is 13.2 Å². The second-order valence-electron chi connectivity index (χ2n) is 13.6. The first kappa shape index (κ1) is 36.0. The Hall–Kier alpha value is -3.25. The Morgan fingerprint density at radius 2 is 1.73 bits per heavy atom. The fraction of sp³-hybridized carbons (Fsp3) is 0.649. The van der Waals surface area contributed by atoms with Crippen LogP contribution < -0.4 is 9.64 Å². The number of anilines is 1. The lowest BCUT2D eigenvalue weighted by Crippen LogP contribution is -2.57. The molecule has 0 aromatic heterocycles. The molecule has 4 saturated heterocycles. The maximum Gasteiger partial charge on any atom is 0.248 e. The molecule has 5 atom stereocenters. The molecule has 0 saturated carbocycles. The number of carbonyl (C=O) groups excluding carboxylic acids is 3. The summed E-state index contributed by atoms with van der Waals surface area (Å²) in [5.74, 6) is -1.37. The molecule has 48 heavy (non-hydrogen) atoms. The summed E-state index contributed by atoms with van der Waals surface area (Å²) < 4.78 is 18.1. The Morgan fingerprint density at radius 3 is 2.40 bits per heavy atom. The van der Waals surface area contributed by atoms with Crippen LogP contribution in [0, 0.1) is 11.8 Å². The molecule has 2 bridgehead atoms. The Morgan fingerprint density at radius 1 is 1.02 bits per heavy atom. The van der Waals surface area contributed by atoms with E-state index in [4.69, 9.17) is 14.2 Å². The number of aliphatic hydroxyl groups is 1. The molecule has 1 N–H and O–H groups in total. The first-order valence-corrected chi connectivity index (χ1v) is 17.7. The van der Waals surface area contributed by atoms with E-state index in [1.807, 2.05) is 38.1 Å². The lowest BCUT2D eigenvalue weighted by atomic mass is 9.66. The van der Waals surface area contributed by atoms with Crippen molar-refractivity contribution >= 4 is 23.4 Å². The molecule has 3 amide bonds. The van der Waals surface area contributed by atoms with Crippen LogP contribution in [0.15, 0.2) is 49.6 Å². The molecule has 5 rings (SSSR count). The molecule has 0 aliphatic carbocycles. The number of unbranched alkanes of at least 4 members (excludes halogenated alkanes) is 3. The van der Waals surface area contributed by atoms with Crippen LogP contribution >= 0.6 is 0 Å². The predicted octanol–water partition coefficient (Wildman–Crippen LogP) is 3.27. The second kappa shape index (κ2) is 16.0. The molecule has 4 heterocycles. The third-order valence-electron chi connectivity index (χ3n) is 10.6. The van der Waals surface area contributed by atoms with Gasteiger partial charge in [0, 0.05) is 58.1 Å². The number of likely N-dealkylation sites (tertiary alicyclic amines) is 1. The van der Waals surface area contributed by atoms with E-state index in [1.165, 1.54) is 0 Å². The molecule has 4 aliphatic heterocycles. The first-order valence-electron chi connectivity index (χ1n) is 17.7. The zero-order valence-corrected chi connectivity index (χ0v) is 28.8. The van der Waals surface area contributed by atoms with Crippen LogP contribution in [-0.4, -0.2) is 127 Å². The van der Waals surface area contributed by atoms with Gasteiger partial charge in [-0.2, -0.15) is 0 Å². The quantitative estimate of drug-likeness (QED) is 0.188. The lowest BCUT2D eigenvalue weighted by molar-refractivity contribution is -0.151. The molecule has 264 valence electrons. The SMILES string of the molecule is C=CCN(CCN1CCOCC1)C(=O)C1N(CCCCCCO)C(=O)[C@@H]2[C@@H](C(=O)N(CC=C)c3ccc(OCC)cc3)[C@@]3(C)CCC12O3. The summed E-state index contributed by atoms with van der Waals surface area (Å²) in [6, 6.07) is 6.53. The number of fused-ring (bicyclic) bond motifs is 1. The lowest BCUT2D eigenvalue weighted by Gasteiger charge is -2.37. The number of amides is 3. The van der Waals surface area contributed by atoms with E-state index in [2.05, 4.69) is 18.1 Å². The summed E-state index contributed by atoms with van der Waals surface area (Å²) in [7, 11) is 0. The molecular weight excluding hydrogens is 612 g/mol. The van der Waals surface area contributed by atoms with Crippen LogP contribution in [0.1, 0.15) is 52.4 Å². The molecule has 11 heteroatoms. The zero-order valence-electron chi connectivity index (χ0n) is 28.8. The number of ether oxygens (including phenoxy) is 3. The Bertz CT molecular complexity index is 1300. The molecule has 1 aromatic rings. The van der Waals surface area contributed by atoms with Crippen LogP contribution in [0.5, 0.6) is 5.75 Å². The Kier molecular flexibility index (Phi) is 12.0. The number of hydrogen-bond donors (Lipinski definition) is 1. The van der Waals surface area contributed by atoms with E-state index in [-0.39, 0.29) is 30.9 Å². The van der Waals surface area contributed by atoms with Crippen molar-refractivity contribution in [3.63, 3.8) is 0 Å². The monoisotopic (exact) mass is 666 g/mol. The smallest absolute Gasteiger partial charge is 0.248 e. The Labute approximate surface area is 285 Å². The highest BCUT2D eigenvalue weighted by atomic mass is 16.5. The van der Waals surface area contributed by atoms with Crippen LogP contribution in [0.25, 0.3) is 0 Å². The van der Waals surface area contributed by atoms with E-state index in [0.29, 0.717) is 83.1 Å². The normalized spacial score (nSPS) is 27.9. The highest BCUT2D eigenvalue weighted by molar-refractivity contribution is 6.03. The second-order valence-corrected chi connectivity index (χ2v) is 13.6. The number of carbonyl (C=O) groups is 3. The van der Waals surface area contributed by atoms with Crippen molar-refractivity contribution in [2.75, 3.05) is 77.1 Å². The molecule has 1 aromatic carbocycles. The highest BCUT2D eigenvalue weighted by Crippen LogP contribution is 2.63. The zero-order chi connectivity index (χ0) is 34.3. The Balaban J connectivity index is 1.46. The number of hydrogen-bond acceptors (Lipinski definition) is 8. The van der Waals surface area contributed by atoms with Crippen molar-refractivity contribution in [2.24, 2.45) is 11.8 Å². The standard InChI is InChI=1S/C37H54N4O7/c1-5-18-39(22-21-38-23-26-46-27-24-38)35(45)32-37-17-16-36(4,48-37)30(31(37)34(44)41(32)20-10-8-9-11-25-42)33(43)40(19-6-2)28-12-14-29(15-13-28)47-7-3/h5-6,12-15,30-32,42H,1-2,7-11,16-27H2,3-4H3/t30-,31-,32?,36+,37?/m0/s1. The van der Waals surface area contributed by atoms with E-state index in [0.717, 1.165) is 25.9 Å². The van der Waals surface area contributed by atoms with Gasteiger partial charge in [-0.25, -0.2) is 0 Å². The van der Waals surface area contributed by atoms with Crippen LogP contribution in [0.4, 0.5) is 5.69 Å². The van der Waals surface area contributed by atoms with Gasteiger partial charge in [-0.1, -0.05) is 25.0 Å². The molecular formula is C37H54N4O7. The molecule has 0 radical (unpaired) electrons. The average Bonchev–Trinajstić information content (AvgIpc) is 3.66. The van der Waals surface area contributed by atoms with Gasteiger partial charge in [0.1, 0.15) is 17.4 Å². The topological polar surface area (TPSA) is 112 Å². The van der Waals surface area contributed by atoms with E-state index in [9.17, 15) is 19.5 Å². The number of benzene rings is 1. The van der Waals surface area contributed by atoms with Crippen molar-refractivity contribution in [3.8, 4) is 5.75 Å². The van der Waals surface area contributed by atoms with Crippen LogP contribution in [0.2, 0.25) is 0 Å². The summed E-state index contributed by atoms with van der Waals surface area (Å²) in [5, 5.41) is 9.28. The largest absolute Gasteiger partial charge is 0.494 e. The number of nitrogens with zero attached hydrogens (tertiary/aromatic N) is 4. The number of rotatable bonds is 18. The van der Waals surface area contributed by atoms with Crippen molar-refractivity contribution < 1.29 is 33.7 Å². The molecule has 4 fully saturated rings. The van der Waals surface area contributed by atoms with Crippen molar-refractivity contribution in [3.05, 3.63) is 49.6 Å². The van der Waals surface area contributed by atoms with Crippen molar-refractivity contribution in [2.45, 2.75) is 69.6 Å². The average molecular weight is 667 g/mol. The van der Waals surface area contributed by atoms with Gasteiger partial charge < -0.3 is 34.0 Å².